The van der Waals surface area contributed by atoms with Gasteiger partial charge in [0.05, 0.1) is 11.6 Å². The minimum Gasteiger partial charge on any atom is -0.507 e. The molecule has 4 nitrogen and oxygen atoms in total. The molecule has 1 saturated heterocycles. The Morgan fingerprint density at radius 3 is 2.40 bits per heavy atom. The maximum Gasteiger partial charge on any atom is 0.300 e. The normalized spacial score (nSPS) is 18.1. The molecule has 0 radical (unpaired) electrons. The van der Waals surface area contributed by atoms with Gasteiger partial charge in [0.2, 0.25) is 0 Å². The predicted octanol–water partition coefficient (Wildman–Crippen LogP) is 5.52. The van der Waals surface area contributed by atoms with Gasteiger partial charge in [-0.25, -0.2) is 4.39 Å². The van der Waals surface area contributed by atoms with Crippen LogP contribution in [0.15, 0.2) is 82.8 Å². The molecule has 3 aromatic rings. The molecule has 4 rings (SSSR count). The van der Waals surface area contributed by atoms with Crippen LogP contribution in [0, 0.1) is 12.7 Å². The summed E-state index contributed by atoms with van der Waals surface area (Å²) in [5.41, 5.74) is 2.15. The Morgan fingerprint density at radius 2 is 1.73 bits per heavy atom. The number of nitrogens with zero attached hydrogens (tertiary/aromatic N) is 1. The Hall–Kier alpha value is -3.25. The van der Waals surface area contributed by atoms with Crippen molar-refractivity contribution in [3.8, 4) is 0 Å². The van der Waals surface area contributed by atoms with E-state index in [4.69, 9.17) is 0 Å². The van der Waals surface area contributed by atoms with Gasteiger partial charge in [-0.15, -0.1) is 0 Å². The molecule has 0 aromatic heterocycles. The average Bonchev–Trinajstić information content (AvgIpc) is 3.01. The third-order valence-corrected chi connectivity index (χ3v) is 5.94. The van der Waals surface area contributed by atoms with E-state index in [-0.39, 0.29) is 11.3 Å². The summed E-state index contributed by atoms with van der Waals surface area (Å²) in [5, 5.41) is 10.9. The second kappa shape index (κ2) is 7.88. The first-order chi connectivity index (χ1) is 14.4. The zero-order chi connectivity index (χ0) is 21.4. The van der Waals surface area contributed by atoms with Crippen molar-refractivity contribution in [1.82, 2.24) is 0 Å². The van der Waals surface area contributed by atoms with Gasteiger partial charge in [-0.3, -0.25) is 14.5 Å². The Bertz CT molecular complexity index is 1190. The summed E-state index contributed by atoms with van der Waals surface area (Å²) in [7, 11) is 0. The van der Waals surface area contributed by atoms with Crippen molar-refractivity contribution in [3.05, 3.63) is 105 Å². The molecule has 3 aromatic carbocycles. The Labute approximate surface area is 181 Å². The maximum absolute atomic E-state index is 14.0. The van der Waals surface area contributed by atoms with Gasteiger partial charge >= 0.3 is 0 Å². The molecular formula is C24H17BrFNO3. The molecule has 0 saturated carbocycles. The van der Waals surface area contributed by atoms with Gasteiger partial charge in [-0.1, -0.05) is 64.5 Å². The van der Waals surface area contributed by atoms with Crippen molar-refractivity contribution < 1.29 is 19.1 Å². The molecule has 150 valence electrons. The van der Waals surface area contributed by atoms with Crippen LogP contribution in [0.4, 0.5) is 10.1 Å². The molecule has 1 heterocycles. The van der Waals surface area contributed by atoms with Crippen LogP contribution in [0.25, 0.3) is 5.76 Å². The summed E-state index contributed by atoms with van der Waals surface area (Å²) < 4.78 is 14.8. The van der Waals surface area contributed by atoms with E-state index in [1.54, 1.807) is 48.5 Å². The van der Waals surface area contributed by atoms with Crippen LogP contribution >= 0.6 is 15.9 Å². The number of aliphatic hydroxyl groups is 1. The van der Waals surface area contributed by atoms with E-state index in [2.05, 4.69) is 15.9 Å². The van der Waals surface area contributed by atoms with Crippen LogP contribution in [0.3, 0.4) is 0 Å². The highest BCUT2D eigenvalue weighted by atomic mass is 79.9. The zero-order valence-corrected chi connectivity index (χ0v) is 17.6. The summed E-state index contributed by atoms with van der Waals surface area (Å²) in [6.45, 7) is 1.90. The summed E-state index contributed by atoms with van der Waals surface area (Å²) >= 11 is 3.45. The van der Waals surface area contributed by atoms with Crippen LogP contribution < -0.4 is 4.90 Å². The van der Waals surface area contributed by atoms with E-state index in [0.29, 0.717) is 16.8 Å². The van der Waals surface area contributed by atoms with E-state index in [1.165, 1.54) is 23.1 Å². The van der Waals surface area contributed by atoms with Gasteiger partial charge in [0.25, 0.3) is 11.7 Å². The third kappa shape index (κ3) is 3.44. The summed E-state index contributed by atoms with van der Waals surface area (Å²) in [6.07, 6.45) is 0. The fraction of sp³-hybridized carbons (Fsp3) is 0.0833. The number of aryl methyl sites for hydroxylation is 1. The van der Waals surface area contributed by atoms with Crippen LogP contribution in [-0.4, -0.2) is 16.8 Å². The number of hydrogen-bond acceptors (Lipinski definition) is 3. The highest BCUT2D eigenvalue weighted by Gasteiger charge is 2.47. The van der Waals surface area contributed by atoms with Gasteiger partial charge in [-0.2, -0.15) is 0 Å². The smallest absolute Gasteiger partial charge is 0.300 e. The molecule has 1 fully saturated rings. The molecule has 1 amide bonds. The van der Waals surface area contributed by atoms with E-state index in [0.717, 1.165) is 10.0 Å². The first-order valence-corrected chi connectivity index (χ1v) is 10.1. The number of benzene rings is 3. The van der Waals surface area contributed by atoms with Gasteiger partial charge in [0.15, 0.2) is 0 Å². The van der Waals surface area contributed by atoms with Crippen molar-refractivity contribution in [1.29, 1.82) is 0 Å². The number of Topliss-reactive ketones (excluding diaryl/α,β-unsaturated/α-hetero) is 1. The number of halogens is 2. The number of amides is 1. The molecular weight excluding hydrogens is 449 g/mol. The quantitative estimate of drug-likeness (QED) is 0.314. The number of aliphatic hydroxyl groups excluding tert-OH is 1. The minimum atomic E-state index is -0.962. The predicted molar refractivity (Wildman–Crippen MR) is 117 cm³/mol. The third-order valence-electron chi connectivity index (χ3n) is 5.09. The lowest BCUT2D eigenvalue weighted by Gasteiger charge is -2.26. The molecule has 1 unspecified atom stereocenters. The number of anilines is 1. The van der Waals surface area contributed by atoms with Gasteiger partial charge in [0, 0.05) is 15.7 Å². The summed E-state index contributed by atoms with van der Waals surface area (Å²) in [4.78, 5) is 27.4. The van der Waals surface area contributed by atoms with Gasteiger partial charge in [0.1, 0.15) is 11.6 Å². The highest BCUT2D eigenvalue weighted by Crippen LogP contribution is 2.42. The van der Waals surface area contributed by atoms with E-state index in [9.17, 15) is 19.1 Å². The van der Waals surface area contributed by atoms with E-state index < -0.39 is 23.5 Å². The SMILES string of the molecule is Cc1ccc(N2C(=O)C(=O)/C(=C(\O)c3ccccc3)C2c2cccc(F)c2)cc1Br. The lowest BCUT2D eigenvalue weighted by Crippen LogP contribution is -2.29. The second-order valence-electron chi connectivity index (χ2n) is 7.02. The Morgan fingerprint density at radius 1 is 1.00 bits per heavy atom. The fourth-order valence-corrected chi connectivity index (χ4v) is 3.94. The van der Waals surface area contributed by atoms with Crippen LogP contribution in [0.1, 0.15) is 22.7 Å². The molecule has 1 aliphatic heterocycles. The topological polar surface area (TPSA) is 57.6 Å². The van der Waals surface area contributed by atoms with Crippen molar-refractivity contribution in [2.24, 2.45) is 0 Å². The lowest BCUT2D eigenvalue weighted by atomic mass is 9.95. The van der Waals surface area contributed by atoms with Crippen molar-refractivity contribution in [2.75, 3.05) is 4.90 Å². The van der Waals surface area contributed by atoms with Crippen LogP contribution in [0.2, 0.25) is 0 Å². The largest absolute Gasteiger partial charge is 0.507 e. The zero-order valence-electron chi connectivity index (χ0n) is 16.0. The highest BCUT2D eigenvalue weighted by molar-refractivity contribution is 9.10. The number of hydrogen-bond donors (Lipinski definition) is 1. The monoisotopic (exact) mass is 465 g/mol. The first kappa shape index (κ1) is 20.0. The number of rotatable bonds is 3. The second-order valence-corrected chi connectivity index (χ2v) is 7.88. The number of carbonyl (C=O) groups excluding carboxylic acids is 2. The van der Waals surface area contributed by atoms with E-state index in [1.807, 2.05) is 13.0 Å². The van der Waals surface area contributed by atoms with Crippen molar-refractivity contribution >= 4 is 39.1 Å². The molecule has 1 atom stereocenters. The number of carbonyl (C=O) groups is 2. The molecule has 30 heavy (non-hydrogen) atoms. The van der Waals surface area contributed by atoms with Crippen molar-refractivity contribution in [2.45, 2.75) is 13.0 Å². The Kier molecular flexibility index (Phi) is 5.26. The summed E-state index contributed by atoms with van der Waals surface area (Å²) in [6, 6.07) is 18.5. The van der Waals surface area contributed by atoms with E-state index >= 15 is 0 Å². The molecule has 0 spiro atoms. The minimum absolute atomic E-state index is 0.0755. The van der Waals surface area contributed by atoms with Crippen LogP contribution in [0.5, 0.6) is 0 Å². The van der Waals surface area contributed by atoms with Crippen LogP contribution in [-0.2, 0) is 9.59 Å². The molecule has 0 aliphatic carbocycles. The number of ketones is 1. The molecule has 1 aliphatic rings. The molecule has 0 bridgehead atoms. The van der Waals surface area contributed by atoms with Crippen molar-refractivity contribution in [3.63, 3.8) is 0 Å². The summed E-state index contributed by atoms with van der Waals surface area (Å²) in [5.74, 6) is -2.39. The van der Waals surface area contributed by atoms with Gasteiger partial charge in [-0.05, 0) is 42.3 Å². The average molecular weight is 466 g/mol. The van der Waals surface area contributed by atoms with Gasteiger partial charge < -0.3 is 5.11 Å². The standard InChI is InChI=1S/C24H17BrFNO3/c1-14-10-11-18(13-19(14)25)27-21(16-8-5-9-17(26)12-16)20(23(29)24(27)30)22(28)15-6-3-2-4-7-15/h2-13,21,28H,1H3/b22-20-. The lowest BCUT2D eigenvalue weighted by molar-refractivity contribution is -0.132. The molecule has 6 heteroatoms. The Balaban J connectivity index is 1.97. The fourth-order valence-electron chi connectivity index (χ4n) is 3.57. The molecule has 1 N–H and O–H groups in total. The maximum atomic E-state index is 14.0. The first-order valence-electron chi connectivity index (χ1n) is 9.26.